The number of amides is 1. The number of H-pyrrole nitrogens is 1. The Morgan fingerprint density at radius 2 is 2.05 bits per heavy atom. The second-order valence-corrected chi connectivity index (χ2v) is 5.78. The van der Waals surface area contributed by atoms with Gasteiger partial charge in [0.25, 0.3) is 15.0 Å². The number of nitrogens with zero attached hydrogens (tertiary/aromatic N) is 2. The van der Waals surface area contributed by atoms with E-state index in [0.717, 1.165) is 6.33 Å². The summed E-state index contributed by atoms with van der Waals surface area (Å²) in [6.45, 7) is 1.31. The zero-order valence-electron chi connectivity index (χ0n) is 11.2. The maximum absolute atomic E-state index is 12.1. The fourth-order valence-electron chi connectivity index (χ4n) is 1.67. The molecule has 1 aromatic carbocycles. The van der Waals surface area contributed by atoms with Crippen molar-refractivity contribution in [3.05, 3.63) is 40.7 Å². The average Bonchev–Trinajstić information content (AvgIpc) is 2.87. The lowest BCUT2D eigenvalue weighted by Gasteiger charge is -2.08. The summed E-state index contributed by atoms with van der Waals surface area (Å²) < 4.78 is 26.4. The Labute approximate surface area is 124 Å². The molecule has 0 bridgehead atoms. The quantitative estimate of drug-likeness (QED) is 0.553. The number of sulfonamides is 1. The van der Waals surface area contributed by atoms with E-state index in [1.165, 1.54) is 25.1 Å². The van der Waals surface area contributed by atoms with Crippen LogP contribution in [0.25, 0.3) is 0 Å². The molecule has 1 heterocycles. The van der Waals surface area contributed by atoms with Gasteiger partial charge in [0.15, 0.2) is 6.33 Å². The van der Waals surface area contributed by atoms with Gasteiger partial charge in [-0.2, -0.15) is 13.4 Å². The Hall–Kier alpha value is -2.95. The summed E-state index contributed by atoms with van der Waals surface area (Å²) in [7, 11) is -4.24. The van der Waals surface area contributed by atoms with E-state index in [0.29, 0.717) is 5.69 Å². The molecule has 3 N–H and O–H groups in total. The van der Waals surface area contributed by atoms with E-state index in [9.17, 15) is 23.3 Å². The number of rotatable bonds is 5. The number of benzene rings is 1. The molecule has 10 nitrogen and oxygen atoms in total. The molecule has 0 unspecified atom stereocenters. The lowest BCUT2D eigenvalue weighted by molar-refractivity contribution is -0.392. The van der Waals surface area contributed by atoms with Crippen molar-refractivity contribution in [2.45, 2.75) is 11.9 Å². The van der Waals surface area contributed by atoms with Gasteiger partial charge >= 0.3 is 5.82 Å². The van der Waals surface area contributed by atoms with Crippen molar-refractivity contribution >= 4 is 33.1 Å². The fourth-order valence-corrected chi connectivity index (χ4v) is 2.78. The predicted octanol–water partition coefficient (Wildman–Crippen LogP) is 1.08. The number of nitro groups is 1. The van der Waals surface area contributed by atoms with Crippen molar-refractivity contribution in [2.75, 3.05) is 10.0 Å². The van der Waals surface area contributed by atoms with E-state index in [4.69, 9.17) is 0 Å². The zero-order valence-corrected chi connectivity index (χ0v) is 12.0. The van der Waals surface area contributed by atoms with Crippen LogP contribution >= 0.6 is 0 Å². The van der Waals surface area contributed by atoms with Crippen LogP contribution < -0.4 is 10.0 Å². The maximum atomic E-state index is 12.1. The molecule has 0 saturated heterocycles. The summed E-state index contributed by atoms with van der Waals surface area (Å²) in [6.07, 6.45) is 0.917. The molecule has 1 aromatic heterocycles. The van der Waals surface area contributed by atoms with Gasteiger partial charge in [-0.25, -0.2) is 4.98 Å². The number of carbonyl (C=O) groups excluding carboxylic acids is 1. The molecule has 22 heavy (non-hydrogen) atoms. The largest absolute Gasteiger partial charge is 0.361 e. The molecule has 2 aromatic rings. The van der Waals surface area contributed by atoms with Crippen molar-refractivity contribution in [2.24, 2.45) is 0 Å². The van der Waals surface area contributed by atoms with Gasteiger partial charge in [-0.3, -0.25) is 9.52 Å². The molecule has 0 aliphatic heterocycles. The normalized spacial score (nSPS) is 11.0. The molecular formula is C11H11N5O5S. The monoisotopic (exact) mass is 325 g/mol. The maximum Gasteiger partial charge on any atom is 0.361 e. The Bertz CT molecular complexity index is 829. The number of hydrogen-bond acceptors (Lipinski definition) is 6. The summed E-state index contributed by atoms with van der Waals surface area (Å²) in [5, 5.41) is 12.5. The van der Waals surface area contributed by atoms with Crippen LogP contribution in [-0.2, 0) is 14.8 Å². The number of imidazole rings is 1. The minimum atomic E-state index is -4.24. The average molecular weight is 325 g/mol. The summed E-state index contributed by atoms with van der Waals surface area (Å²) in [5.41, 5.74) is 0.507. The minimum Gasteiger partial charge on any atom is -0.358 e. The number of carbonyl (C=O) groups is 1. The first kappa shape index (κ1) is 15.4. The van der Waals surface area contributed by atoms with Crippen LogP contribution in [0.2, 0.25) is 0 Å². The SMILES string of the molecule is CC(=O)Nc1cccc(NS(=O)(=O)c2nc[nH]c2[N+](=O)[O-])c1. The van der Waals surface area contributed by atoms with Crippen molar-refractivity contribution in [3.8, 4) is 0 Å². The van der Waals surface area contributed by atoms with Crippen LogP contribution in [0.5, 0.6) is 0 Å². The van der Waals surface area contributed by atoms with Crippen LogP contribution in [0.4, 0.5) is 17.2 Å². The van der Waals surface area contributed by atoms with Gasteiger partial charge in [0.05, 0.1) is 5.69 Å². The second kappa shape index (κ2) is 5.81. The second-order valence-electron chi connectivity index (χ2n) is 4.18. The minimum absolute atomic E-state index is 0.128. The summed E-state index contributed by atoms with van der Waals surface area (Å²) in [6, 6.07) is 5.89. The van der Waals surface area contributed by atoms with Gasteiger partial charge in [-0.1, -0.05) is 6.07 Å². The Morgan fingerprint density at radius 1 is 1.36 bits per heavy atom. The lowest BCUT2D eigenvalue weighted by Crippen LogP contribution is -2.15. The van der Waals surface area contributed by atoms with E-state index in [1.807, 2.05) is 0 Å². The van der Waals surface area contributed by atoms with Crippen molar-refractivity contribution in [3.63, 3.8) is 0 Å². The van der Waals surface area contributed by atoms with Gasteiger partial charge in [0.1, 0.15) is 0 Å². The van der Waals surface area contributed by atoms with E-state index >= 15 is 0 Å². The van der Waals surface area contributed by atoms with Crippen molar-refractivity contribution in [1.29, 1.82) is 0 Å². The highest BCUT2D eigenvalue weighted by Gasteiger charge is 2.28. The number of nitrogens with one attached hydrogen (secondary N) is 3. The van der Waals surface area contributed by atoms with Crippen LogP contribution in [0, 0.1) is 10.1 Å². The Balaban J connectivity index is 2.31. The molecule has 116 valence electrons. The molecule has 0 atom stereocenters. The molecule has 11 heteroatoms. The first-order valence-electron chi connectivity index (χ1n) is 5.88. The van der Waals surface area contributed by atoms with Gasteiger partial charge in [0, 0.05) is 12.6 Å². The Morgan fingerprint density at radius 3 is 2.68 bits per heavy atom. The van der Waals surface area contributed by atoms with Crippen LogP contribution in [0.1, 0.15) is 6.92 Å². The van der Waals surface area contributed by atoms with Crippen LogP contribution in [0.3, 0.4) is 0 Å². The number of aromatic amines is 1. The highest BCUT2D eigenvalue weighted by molar-refractivity contribution is 7.92. The third-order valence-corrected chi connectivity index (χ3v) is 3.77. The highest BCUT2D eigenvalue weighted by atomic mass is 32.2. The highest BCUT2D eigenvalue weighted by Crippen LogP contribution is 2.23. The van der Waals surface area contributed by atoms with Crippen molar-refractivity contribution in [1.82, 2.24) is 9.97 Å². The first-order chi connectivity index (χ1) is 10.3. The van der Waals surface area contributed by atoms with E-state index in [2.05, 4.69) is 20.0 Å². The zero-order chi connectivity index (χ0) is 16.3. The standard InChI is InChI=1S/C11H11N5O5S/c1-7(17)14-8-3-2-4-9(5-8)15-22(20,21)11-10(16(18)19)12-6-13-11/h2-6,15H,1H3,(H,12,13)(H,14,17). The molecule has 0 aliphatic carbocycles. The van der Waals surface area contributed by atoms with Gasteiger partial charge in [-0.05, 0) is 23.1 Å². The number of hydrogen-bond donors (Lipinski definition) is 3. The molecule has 0 aliphatic rings. The number of aromatic nitrogens is 2. The van der Waals surface area contributed by atoms with Crippen LogP contribution in [0.15, 0.2) is 35.6 Å². The van der Waals surface area contributed by atoms with E-state index in [1.54, 1.807) is 6.07 Å². The van der Waals surface area contributed by atoms with Gasteiger partial charge in [0.2, 0.25) is 5.91 Å². The lowest BCUT2D eigenvalue weighted by atomic mass is 10.3. The topological polar surface area (TPSA) is 147 Å². The van der Waals surface area contributed by atoms with Crippen LogP contribution in [-0.4, -0.2) is 29.2 Å². The molecule has 1 amide bonds. The summed E-state index contributed by atoms with van der Waals surface area (Å²) in [5.74, 6) is -1.05. The van der Waals surface area contributed by atoms with Gasteiger partial charge < -0.3 is 15.4 Å². The summed E-state index contributed by atoms with van der Waals surface area (Å²) >= 11 is 0. The third kappa shape index (κ3) is 3.38. The van der Waals surface area contributed by atoms with E-state index < -0.39 is 25.8 Å². The Kier molecular flexibility index (Phi) is 4.08. The molecule has 2 rings (SSSR count). The van der Waals surface area contributed by atoms with Gasteiger partial charge in [-0.15, -0.1) is 0 Å². The smallest absolute Gasteiger partial charge is 0.358 e. The first-order valence-corrected chi connectivity index (χ1v) is 7.36. The molecule has 0 radical (unpaired) electrons. The summed E-state index contributed by atoms with van der Waals surface area (Å²) in [4.78, 5) is 26.5. The molecule has 0 fully saturated rings. The third-order valence-electron chi connectivity index (χ3n) is 2.46. The molecular weight excluding hydrogens is 314 g/mol. The number of anilines is 2. The molecule has 0 spiro atoms. The molecule has 0 saturated carbocycles. The van der Waals surface area contributed by atoms with E-state index in [-0.39, 0.29) is 11.6 Å². The fraction of sp³-hybridized carbons (Fsp3) is 0.0909. The predicted molar refractivity (Wildman–Crippen MR) is 76.8 cm³/mol. The van der Waals surface area contributed by atoms with Crippen molar-refractivity contribution < 1.29 is 18.1 Å².